The fraction of sp³-hybridized carbons (Fsp3) is 0.278. The maximum absolute atomic E-state index is 11.4. The summed E-state index contributed by atoms with van der Waals surface area (Å²) >= 11 is 0. The summed E-state index contributed by atoms with van der Waals surface area (Å²) in [7, 11) is 1.40. The van der Waals surface area contributed by atoms with E-state index in [1.807, 2.05) is 35.2 Å². The molecule has 126 valence electrons. The summed E-state index contributed by atoms with van der Waals surface area (Å²) in [5, 5.41) is 24.6. The first kappa shape index (κ1) is 17.9. The molecule has 3 rings (SSSR count). The van der Waals surface area contributed by atoms with Crippen LogP contribution in [0.4, 0.5) is 5.82 Å². The van der Waals surface area contributed by atoms with Gasteiger partial charge in [-0.05, 0) is 30.7 Å². The van der Waals surface area contributed by atoms with Crippen LogP contribution in [0.25, 0.3) is 0 Å². The minimum absolute atomic E-state index is 0.0996. The quantitative estimate of drug-likeness (QED) is 0.772. The van der Waals surface area contributed by atoms with Gasteiger partial charge in [0.05, 0.1) is 24.7 Å². The Hall–Kier alpha value is -3.45. The Labute approximate surface area is 146 Å². The molecule has 1 fully saturated rings. The molecule has 2 heterocycles. The molecule has 7 heteroatoms. The number of hydrogen-bond acceptors (Lipinski definition) is 7. The first-order valence-electron chi connectivity index (χ1n) is 7.69. The smallest absolute Gasteiger partial charge is 0.310 e. The van der Waals surface area contributed by atoms with Gasteiger partial charge in [-0.1, -0.05) is 18.2 Å². The number of hydrogen-bond donors (Lipinski definition) is 0. The third-order valence-corrected chi connectivity index (χ3v) is 3.71. The van der Waals surface area contributed by atoms with Crippen molar-refractivity contribution in [3.8, 4) is 12.1 Å². The summed E-state index contributed by atoms with van der Waals surface area (Å²) in [6.45, 7) is 1.34. The van der Waals surface area contributed by atoms with E-state index in [0.717, 1.165) is 13.0 Å². The molecule has 1 aliphatic heterocycles. The lowest BCUT2D eigenvalue weighted by Crippen LogP contribution is -2.24. The van der Waals surface area contributed by atoms with Crippen molar-refractivity contribution in [1.29, 1.82) is 10.5 Å². The molecule has 0 N–H and O–H groups in total. The normalized spacial score (nSPS) is 15.3. The first-order valence-corrected chi connectivity index (χ1v) is 7.69. The second kappa shape index (κ2) is 8.99. The number of carbonyl (C=O) groups is 1. The van der Waals surface area contributed by atoms with Crippen LogP contribution in [0.15, 0.2) is 42.5 Å². The van der Waals surface area contributed by atoms with Crippen LogP contribution in [-0.2, 0) is 9.53 Å². The van der Waals surface area contributed by atoms with Crippen molar-refractivity contribution in [3.05, 3.63) is 53.7 Å². The Kier molecular flexibility index (Phi) is 6.44. The SMILES string of the molecule is COC(=O)[C@H]1CCN(c2ccc(C#N)nn2)C1.N#Cc1ccccc1. The summed E-state index contributed by atoms with van der Waals surface area (Å²) in [5.74, 6) is 0.405. The lowest BCUT2D eigenvalue weighted by Gasteiger charge is -2.15. The van der Waals surface area contributed by atoms with Crippen molar-refractivity contribution < 1.29 is 9.53 Å². The van der Waals surface area contributed by atoms with E-state index in [4.69, 9.17) is 15.3 Å². The Morgan fingerprint density at radius 2 is 1.92 bits per heavy atom. The second-order valence-electron chi connectivity index (χ2n) is 5.32. The molecule has 1 atom stereocenters. The second-order valence-corrected chi connectivity index (χ2v) is 5.32. The van der Waals surface area contributed by atoms with Gasteiger partial charge in [0.2, 0.25) is 0 Å². The Morgan fingerprint density at radius 1 is 1.16 bits per heavy atom. The summed E-state index contributed by atoms with van der Waals surface area (Å²) in [6.07, 6.45) is 0.758. The predicted octanol–water partition coefficient (Wildman–Crippen LogP) is 1.91. The zero-order valence-corrected chi connectivity index (χ0v) is 13.8. The maximum Gasteiger partial charge on any atom is 0.310 e. The van der Waals surface area contributed by atoms with E-state index >= 15 is 0 Å². The van der Waals surface area contributed by atoms with Crippen molar-refractivity contribution >= 4 is 11.8 Å². The lowest BCUT2D eigenvalue weighted by atomic mass is 10.1. The standard InChI is InChI=1S/C11H12N4O2.C7H5N/c1-17-11(16)8-4-5-15(7-8)10-3-2-9(6-12)13-14-10;8-6-7-4-2-1-3-5-7/h2-3,8H,4-5,7H2,1H3;1-5H/t8-;/m0./s1. The van der Waals surface area contributed by atoms with Gasteiger partial charge >= 0.3 is 5.97 Å². The average Bonchev–Trinajstić information content (AvgIpc) is 3.19. The van der Waals surface area contributed by atoms with E-state index in [9.17, 15) is 4.79 Å². The molecule has 2 aromatic rings. The number of rotatable bonds is 2. The van der Waals surface area contributed by atoms with Crippen LogP contribution in [0.3, 0.4) is 0 Å². The lowest BCUT2D eigenvalue weighted by molar-refractivity contribution is -0.144. The molecule has 0 radical (unpaired) electrons. The minimum atomic E-state index is -0.186. The van der Waals surface area contributed by atoms with E-state index < -0.39 is 0 Å². The highest BCUT2D eigenvalue weighted by atomic mass is 16.5. The molecule has 1 aliphatic rings. The predicted molar refractivity (Wildman–Crippen MR) is 90.2 cm³/mol. The van der Waals surface area contributed by atoms with Gasteiger partial charge in [0.25, 0.3) is 0 Å². The van der Waals surface area contributed by atoms with E-state index in [1.54, 1.807) is 24.3 Å². The number of aromatic nitrogens is 2. The third kappa shape index (κ3) is 5.02. The summed E-state index contributed by atoms with van der Waals surface area (Å²) in [5.41, 5.74) is 1.00. The highest BCUT2D eigenvalue weighted by Crippen LogP contribution is 2.22. The number of benzene rings is 1. The van der Waals surface area contributed by atoms with Gasteiger partial charge in [-0.3, -0.25) is 4.79 Å². The van der Waals surface area contributed by atoms with E-state index in [0.29, 0.717) is 17.9 Å². The van der Waals surface area contributed by atoms with Crippen LogP contribution in [0.5, 0.6) is 0 Å². The molecule has 0 spiro atoms. The molecule has 1 saturated heterocycles. The van der Waals surface area contributed by atoms with Crippen molar-refractivity contribution in [2.75, 3.05) is 25.1 Å². The van der Waals surface area contributed by atoms with Crippen LogP contribution in [0, 0.1) is 28.6 Å². The minimum Gasteiger partial charge on any atom is -0.469 e. The summed E-state index contributed by atoms with van der Waals surface area (Å²) in [6, 6.07) is 16.4. The van der Waals surface area contributed by atoms with Crippen LogP contribution in [0.2, 0.25) is 0 Å². The number of nitrogens with zero attached hydrogens (tertiary/aromatic N) is 5. The Bertz CT molecular complexity index is 778. The molecule has 0 saturated carbocycles. The van der Waals surface area contributed by atoms with Crippen LogP contribution in [-0.4, -0.2) is 36.4 Å². The largest absolute Gasteiger partial charge is 0.469 e. The van der Waals surface area contributed by atoms with Crippen molar-refractivity contribution in [3.63, 3.8) is 0 Å². The molecular weight excluding hydrogens is 318 g/mol. The highest BCUT2D eigenvalue weighted by molar-refractivity contribution is 5.74. The fourth-order valence-electron chi connectivity index (χ4n) is 2.39. The molecule has 0 bridgehead atoms. The van der Waals surface area contributed by atoms with Gasteiger partial charge in [0.1, 0.15) is 6.07 Å². The van der Waals surface area contributed by atoms with Crippen LogP contribution < -0.4 is 4.90 Å². The molecule has 0 unspecified atom stereocenters. The molecule has 1 aromatic heterocycles. The van der Waals surface area contributed by atoms with Crippen molar-refractivity contribution in [2.45, 2.75) is 6.42 Å². The number of nitriles is 2. The average molecular weight is 335 g/mol. The summed E-state index contributed by atoms with van der Waals surface area (Å²) in [4.78, 5) is 13.3. The molecule has 1 aromatic carbocycles. The first-order chi connectivity index (χ1) is 12.2. The Morgan fingerprint density at radius 3 is 2.44 bits per heavy atom. The maximum atomic E-state index is 11.4. The highest BCUT2D eigenvalue weighted by Gasteiger charge is 2.29. The molecule has 25 heavy (non-hydrogen) atoms. The Balaban J connectivity index is 0.000000236. The van der Waals surface area contributed by atoms with Gasteiger partial charge in [0, 0.05) is 13.1 Å². The number of carbonyl (C=O) groups excluding carboxylic acids is 1. The molecule has 0 amide bonds. The number of esters is 1. The van der Waals surface area contributed by atoms with E-state index in [-0.39, 0.29) is 17.6 Å². The fourth-order valence-corrected chi connectivity index (χ4v) is 2.39. The van der Waals surface area contributed by atoms with Crippen LogP contribution in [0.1, 0.15) is 17.7 Å². The van der Waals surface area contributed by atoms with Crippen molar-refractivity contribution in [2.24, 2.45) is 5.92 Å². The van der Waals surface area contributed by atoms with Gasteiger partial charge in [-0.15, -0.1) is 10.2 Å². The topological polar surface area (TPSA) is 103 Å². The molecular formula is C18H17N5O2. The van der Waals surface area contributed by atoms with E-state index in [1.165, 1.54) is 7.11 Å². The van der Waals surface area contributed by atoms with Crippen molar-refractivity contribution in [1.82, 2.24) is 10.2 Å². The number of ether oxygens (including phenoxy) is 1. The monoisotopic (exact) mass is 335 g/mol. The van der Waals surface area contributed by atoms with E-state index in [2.05, 4.69) is 10.2 Å². The molecule has 0 aliphatic carbocycles. The summed E-state index contributed by atoms with van der Waals surface area (Å²) < 4.78 is 4.71. The van der Waals surface area contributed by atoms with Gasteiger partial charge < -0.3 is 9.64 Å². The number of methoxy groups -OCH3 is 1. The molecule has 7 nitrogen and oxygen atoms in total. The number of anilines is 1. The van der Waals surface area contributed by atoms with Crippen LogP contribution >= 0.6 is 0 Å². The zero-order valence-electron chi connectivity index (χ0n) is 13.8. The van der Waals surface area contributed by atoms with Gasteiger partial charge in [-0.2, -0.15) is 10.5 Å². The third-order valence-electron chi connectivity index (χ3n) is 3.71. The zero-order chi connectivity index (χ0) is 18.1. The van der Waals surface area contributed by atoms with Gasteiger partial charge in [-0.25, -0.2) is 0 Å². The van der Waals surface area contributed by atoms with Gasteiger partial charge in [0.15, 0.2) is 11.5 Å².